The Morgan fingerprint density at radius 2 is 1.73 bits per heavy atom. The first kappa shape index (κ1) is 16.3. The maximum absolute atomic E-state index is 12.4. The van der Waals surface area contributed by atoms with E-state index in [0.29, 0.717) is 22.0 Å². The summed E-state index contributed by atoms with van der Waals surface area (Å²) in [5.41, 5.74) is 1.36. The summed E-state index contributed by atoms with van der Waals surface area (Å²) in [6, 6.07) is 11.0. The average Bonchev–Trinajstić information content (AvgIpc) is 2.43. The molecule has 0 fully saturated rings. The third-order valence-electron chi connectivity index (χ3n) is 2.92. The Kier molecular flexibility index (Phi) is 4.73. The summed E-state index contributed by atoms with van der Waals surface area (Å²) >= 11 is 5.91. The molecule has 0 bridgehead atoms. The minimum absolute atomic E-state index is 0.104. The minimum Gasteiger partial charge on any atom is -0.325 e. The van der Waals surface area contributed by atoms with Crippen LogP contribution in [-0.2, 0) is 14.8 Å². The van der Waals surface area contributed by atoms with Crippen LogP contribution in [0.1, 0.15) is 12.5 Å². The molecule has 116 valence electrons. The zero-order valence-electron chi connectivity index (χ0n) is 12.1. The lowest BCUT2D eigenvalue weighted by molar-refractivity contribution is -0.114. The van der Waals surface area contributed by atoms with Gasteiger partial charge in [0.1, 0.15) is 0 Å². The second-order valence-electron chi connectivity index (χ2n) is 4.74. The number of anilines is 2. The van der Waals surface area contributed by atoms with Crippen molar-refractivity contribution in [2.45, 2.75) is 18.7 Å². The monoisotopic (exact) mass is 338 g/mol. The molecule has 0 atom stereocenters. The number of rotatable bonds is 4. The maximum atomic E-state index is 12.4. The van der Waals surface area contributed by atoms with E-state index in [-0.39, 0.29) is 10.8 Å². The fourth-order valence-electron chi connectivity index (χ4n) is 1.86. The standard InChI is InChI=1S/C15H15ClN2O3S/c1-10-9-12(7-8-13(10)16)22(20,21)18-15-6-4-3-5-14(15)17-11(2)19/h3-9,18H,1-2H3,(H,17,19). The van der Waals surface area contributed by atoms with Gasteiger partial charge in [-0.25, -0.2) is 8.42 Å². The molecule has 0 saturated heterocycles. The molecule has 0 aliphatic rings. The molecule has 1 amide bonds. The Hall–Kier alpha value is -2.05. The van der Waals surface area contributed by atoms with Gasteiger partial charge >= 0.3 is 0 Å². The van der Waals surface area contributed by atoms with Gasteiger partial charge in [0.25, 0.3) is 10.0 Å². The SMILES string of the molecule is CC(=O)Nc1ccccc1NS(=O)(=O)c1ccc(Cl)c(C)c1. The van der Waals surface area contributed by atoms with Gasteiger partial charge in [-0.3, -0.25) is 9.52 Å². The van der Waals surface area contributed by atoms with Crippen molar-refractivity contribution in [3.63, 3.8) is 0 Å². The normalized spacial score (nSPS) is 11.0. The van der Waals surface area contributed by atoms with E-state index in [2.05, 4.69) is 10.0 Å². The zero-order chi connectivity index (χ0) is 16.3. The van der Waals surface area contributed by atoms with Crippen LogP contribution in [0, 0.1) is 6.92 Å². The molecule has 7 heteroatoms. The van der Waals surface area contributed by atoms with Crippen LogP contribution in [0.25, 0.3) is 0 Å². The second-order valence-corrected chi connectivity index (χ2v) is 6.83. The number of hydrogen-bond acceptors (Lipinski definition) is 3. The highest BCUT2D eigenvalue weighted by molar-refractivity contribution is 7.92. The topological polar surface area (TPSA) is 75.3 Å². The molecule has 0 radical (unpaired) electrons. The van der Waals surface area contributed by atoms with Crippen molar-refractivity contribution in [2.75, 3.05) is 10.0 Å². The summed E-state index contributed by atoms with van der Waals surface area (Å²) in [7, 11) is -3.77. The van der Waals surface area contributed by atoms with Crippen LogP contribution in [0.15, 0.2) is 47.4 Å². The van der Waals surface area contributed by atoms with Gasteiger partial charge in [0.15, 0.2) is 0 Å². The number of aryl methyl sites for hydroxylation is 1. The third-order valence-corrected chi connectivity index (χ3v) is 4.71. The quantitative estimate of drug-likeness (QED) is 0.897. The first-order valence-corrected chi connectivity index (χ1v) is 8.31. The molecule has 0 unspecified atom stereocenters. The molecule has 0 aromatic heterocycles. The van der Waals surface area contributed by atoms with Crippen molar-refractivity contribution in [3.8, 4) is 0 Å². The summed E-state index contributed by atoms with van der Waals surface area (Å²) in [5, 5.41) is 3.08. The van der Waals surface area contributed by atoms with E-state index in [1.807, 2.05) is 0 Å². The van der Waals surface area contributed by atoms with E-state index in [9.17, 15) is 13.2 Å². The summed E-state index contributed by atoms with van der Waals surface area (Å²) < 4.78 is 27.3. The molecule has 0 aliphatic heterocycles. The lowest BCUT2D eigenvalue weighted by atomic mass is 10.2. The molecule has 0 aliphatic carbocycles. The van der Waals surface area contributed by atoms with Gasteiger partial charge in [-0.15, -0.1) is 0 Å². The van der Waals surface area contributed by atoms with Gasteiger partial charge in [-0.1, -0.05) is 23.7 Å². The molecule has 2 aromatic rings. The van der Waals surface area contributed by atoms with Crippen molar-refractivity contribution >= 4 is 38.9 Å². The van der Waals surface area contributed by atoms with Gasteiger partial charge in [-0.2, -0.15) is 0 Å². The third kappa shape index (κ3) is 3.78. The fraction of sp³-hybridized carbons (Fsp3) is 0.133. The van der Waals surface area contributed by atoms with Gasteiger partial charge in [0.05, 0.1) is 16.3 Å². The summed E-state index contributed by atoms with van der Waals surface area (Å²) in [6.45, 7) is 3.08. The molecular formula is C15H15ClN2O3S. The highest BCUT2D eigenvalue weighted by Gasteiger charge is 2.17. The number of hydrogen-bond donors (Lipinski definition) is 2. The van der Waals surface area contributed by atoms with Crippen LogP contribution in [-0.4, -0.2) is 14.3 Å². The number of para-hydroxylation sites is 2. The second kappa shape index (κ2) is 6.37. The number of nitrogens with one attached hydrogen (secondary N) is 2. The summed E-state index contributed by atoms with van der Waals surface area (Å²) in [6.07, 6.45) is 0. The Balaban J connectivity index is 2.36. The number of sulfonamides is 1. The number of halogens is 1. The van der Waals surface area contributed by atoms with Crippen molar-refractivity contribution in [1.29, 1.82) is 0 Å². The van der Waals surface area contributed by atoms with Crippen LogP contribution in [0.2, 0.25) is 5.02 Å². The van der Waals surface area contributed by atoms with Crippen LogP contribution in [0.5, 0.6) is 0 Å². The lowest BCUT2D eigenvalue weighted by Crippen LogP contribution is -2.15. The van der Waals surface area contributed by atoms with Gasteiger partial charge in [0.2, 0.25) is 5.91 Å². The highest BCUT2D eigenvalue weighted by atomic mass is 35.5. The minimum atomic E-state index is -3.77. The molecule has 0 saturated carbocycles. The van der Waals surface area contributed by atoms with Crippen LogP contribution >= 0.6 is 11.6 Å². The Bertz CT molecular complexity index is 819. The number of carbonyl (C=O) groups is 1. The van der Waals surface area contributed by atoms with E-state index < -0.39 is 10.0 Å². The Morgan fingerprint density at radius 3 is 2.32 bits per heavy atom. The zero-order valence-corrected chi connectivity index (χ0v) is 13.6. The van der Waals surface area contributed by atoms with E-state index in [1.54, 1.807) is 31.2 Å². The molecule has 0 spiro atoms. The number of benzene rings is 2. The van der Waals surface area contributed by atoms with Crippen molar-refractivity contribution < 1.29 is 13.2 Å². The average molecular weight is 339 g/mol. The van der Waals surface area contributed by atoms with E-state index in [1.165, 1.54) is 25.1 Å². The highest BCUT2D eigenvalue weighted by Crippen LogP contribution is 2.26. The van der Waals surface area contributed by atoms with Crippen molar-refractivity contribution in [1.82, 2.24) is 0 Å². The van der Waals surface area contributed by atoms with E-state index >= 15 is 0 Å². The van der Waals surface area contributed by atoms with Gasteiger partial charge in [-0.05, 0) is 42.8 Å². The van der Waals surface area contributed by atoms with Crippen LogP contribution in [0.3, 0.4) is 0 Å². The Morgan fingerprint density at radius 1 is 1.09 bits per heavy atom. The predicted octanol–water partition coefficient (Wildman–Crippen LogP) is 3.41. The van der Waals surface area contributed by atoms with Gasteiger partial charge < -0.3 is 5.32 Å². The molecule has 22 heavy (non-hydrogen) atoms. The molecule has 2 aromatic carbocycles. The smallest absolute Gasteiger partial charge is 0.261 e. The first-order valence-electron chi connectivity index (χ1n) is 6.45. The Labute approximate surface area is 134 Å². The molecular weight excluding hydrogens is 324 g/mol. The van der Waals surface area contributed by atoms with Crippen molar-refractivity contribution in [3.05, 3.63) is 53.1 Å². The molecule has 2 rings (SSSR count). The lowest BCUT2D eigenvalue weighted by Gasteiger charge is -2.13. The number of carbonyl (C=O) groups excluding carboxylic acids is 1. The van der Waals surface area contributed by atoms with Crippen LogP contribution < -0.4 is 10.0 Å². The maximum Gasteiger partial charge on any atom is 0.261 e. The van der Waals surface area contributed by atoms with Gasteiger partial charge in [0, 0.05) is 11.9 Å². The predicted molar refractivity (Wildman–Crippen MR) is 87.7 cm³/mol. The molecule has 5 nitrogen and oxygen atoms in total. The first-order chi connectivity index (χ1) is 10.3. The molecule has 0 heterocycles. The molecule has 2 N–H and O–H groups in total. The van der Waals surface area contributed by atoms with Crippen molar-refractivity contribution in [2.24, 2.45) is 0 Å². The fourth-order valence-corrected chi connectivity index (χ4v) is 3.14. The van der Waals surface area contributed by atoms with Crippen LogP contribution in [0.4, 0.5) is 11.4 Å². The number of amides is 1. The summed E-state index contributed by atoms with van der Waals surface area (Å²) in [4.78, 5) is 11.3. The van der Waals surface area contributed by atoms with E-state index in [4.69, 9.17) is 11.6 Å². The van der Waals surface area contributed by atoms with E-state index in [0.717, 1.165) is 0 Å². The summed E-state index contributed by atoms with van der Waals surface area (Å²) in [5.74, 6) is -0.283. The largest absolute Gasteiger partial charge is 0.325 e.